The molecule has 38 heavy (non-hydrogen) atoms. The van der Waals surface area contributed by atoms with E-state index in [4.69, 9.17) is 4.74 Å². The molecule has 198 valence electrons. The van der Waals surface area contributed by atoms with Crippen molar-refractivity contribution < 1.29 is 23.8 Å². The maximum atomic E-state index is 15.2. The van der Waals surface area contributed by atoms with E-state index in [0.717, 1.165) is 30.2 Å². The fourth-order valence-electron chi connectivity index (χ4n) is 4.66. The number of ether oxygens (including phenoxy) is 1. The number of hydrogen-bond donors (Lipinski definition) is 2. The van der Waals surface area contributed by atoms with Crippen LogP contribution in [0.15, 0.2) is 52.5 Å². The molecule has 2 heterocycles. The molecule has 11 heteroatoms. The van der Waals surface area contributed by atoms with Crippen LogP contribution in [0.4, 0.5) is 10.1 Å². The molecule has 2 aromatic carbocycles. The number of aromatic carboxylic acids is 1. The topological polar surface area (TPSA) is 116 Å². The Bertz CT molecular complexity index is 1460. The number of carbonyl (C=O) groups excluding carboxylic acids is 1. The number of amides is 1. The van der Waals surface area contributed by atoms with Gasteiger partial charge in [-0.1, -0.05) is 0 Å². The number of carbonyl (C=O) groups is 2. The molecule has 0 atom stereocenters. The van der Waals surface area contributed by atoms with Crippen LogP contribution in [0.2, 0.25) is 0 Å². The van der Waals surface area contributed by atoms with E-state index in [1.54, 1.807) is 36.1 Å². The Morgan fingerprint density at radius 3 is 2.50 bits per heavy atom. The van der Waals surface area contributed by atoms with Gasteiger partial charge in [-0.25, -0.2) is 14.6 Å². The molecule has 1 aromatic heterocycles. The van der Waals surface area contributed by atoms with E-state index in [-0.39, 0.29) is 29.4 Å². The van der Waals surface area contributed by atoms with Gasteiger partial charge in [-0.05, 0) is 54.8 Å². The molecule has 1 saturated carbocycles. The summed E-state index contributed by atoms with van der Waals surface area (Å²) in [5.74, 6) is -1.40. The maximum Gasteiger partial charge on any atom is 0.341 e. The molecule has 3 aromatic rings. The summed E-state index contributed by atoms with van der Waals surface area (Å²) in [6, 6.07) is 10.2. The number of rotatable bonds is 8. The lowest BCUT2D eigenvalue weighted by molar-refractivity contribution is -0.122. The number of pyridine rings is 1. The van der Waals surface area contributed by atoms with Crippen LogP contribution in [0.5, 0.6) is 5.75 Å². The second kappa shape index (κ2) is 10.6. The van der Waals surface area contributed by atoms with Crippen molar-refractivity contribution in [2.45, 2.75) is 18.9 Å². The summed E-state index contributed by atoms with van der Waals surface area (Å²) in [7, 11) is 1.59. The highest BCUT2D eigenvalue weighted by Crippen LogP contribution is 2.38. The summed E-state index contributed by atoms with van der Waals surface area (Å²) in [6.07, 6.45) is 4.70. The largest absolute Gasteiger partial charge is 0.497 e. The molecule has 0 bridgehead atoms. The van der Waals surface area contributed by atoms with E-state index in [2.05, 4.69) is 10.5 Å². The lowest BCUT2D eigenvalue weighted by Gasteiger charge is -2.36. The van der Waals surface area contributed by atoms with Crippen LogP contribution in [0, 0.1) is 5.82 Å². The van der Waals surface area contributed by atoms with Crippen LogP contribution in [0.1, 0.15) is 34.8 Å². The van der Waals surface area contributed by atoms with Crippen molar-refractivity contribution in [2.75, 3.05) is 44.7 Å². The van der Waals surface area contributed by atoms with Crippen molar-refractivity contribution in [3.8, 4) is 5.75 Å². The van der Waals surface area contributed by atoms with Crippen molar-refractivity contribution >= 4 is 34.7 Å². The fraction of sp³-hybridized carbons (Fsp3) is 0.333. The quantitative estimate of drug-likeness (QED) is 0.346. The molecule has 1 aliphatic heterocycles. The molecule has 1 aliphatic carbocycles. The predicted octanol–water partition coefficient (Wildman–Crippen LogP) is 2.45. The first-order valence-corrected chi connectivity index (χ1v) is 12.4. The second-order valence-corrected chi connectivity index (χ2v) is 9.47. The van der Waals surface area contributed by atoms with Crippen molar-refractivity contribution in [3.05, 3.63) is 69.8 Å². The Labute approximate surface area is 217 Å². The molecule has 0 radical (unpaired) electrons. The molecule has 0 spiro atoms. The summed E-state index contributed by atoms with van der Waals surface area (Å²) in [6.45, 7) is 2.23. The van der Waals surface area contributed by atoms with Crippen molar-refractivity contribution in [1.29, 1.82) is 0 Å². The number of methoxy groups -OCH3 is 1. The summed E-state index contributed by atoms with van der Waals surface area (Å²) < 4.78 is 22.1. The number of piperazine rings is 1. The zero-order chi connectivity index (χ0) is 26.8. The van der Waals surface area contributed by atoms with E-state index >= 15 is 4.39 Å². The number of fused-ring (bicyclic) bond motifs is 1. The molecule has 2 aliphatic rings. The van der Waals surface area contributed by atoms with Gasteiger partial charge in [0, 0.05) is 43.8 Å². The standard InChI is InChI=1S/C27H28FN5O5/c1-38-19-6-2-17(3-7-19)14-29-30-25(34)16-31-8-10-32(11-9-31)24-13-23-20(12-22(24)28)26(35)21(27(36)37)15-33(23)18-4-5-18/h2-3,6-7,12-15,18H,4-5,8-11,16H2,1H3,(H,30,34)(H,36,37)/b29-14+. The molecule has 5 rings (SSSR count). The number of aromatic nitrogens is 1. The molecule has 1 amide bonds. The van der Waals surface area contributed by atoms with Crippen LogP contribution in [0.3, 0.4) is 0 Å². The summed E-state index contributed by atoms with van der Waals surface area (Å²) in [4.78, 5) is 40.4. The van der Waals surface area contributed by atoms with E-state index in [9.17, 15) is 19.5 Å². The van der Waals surface area contributed by atoms with Crippen LogP contribution >= 0.6 is 0 Å². The highest BCUT2D eigenvalue weighted by molar-refractivity contribution is 5.93. The lowest BCUT2D eigenvalue weighted by Crippen LogP contribution is -2.49. The summed E-state index contributed by atoms with van der Waals surface area (Å²) in [5.41, 5.74) is 3.22. The molecule has 0 unspecified atom stereocenters. The molecular weight excluding hydrogens is 493 g/mol. The van der Waals surface area contributed by atoms with Gasteiger partial charge in [0.25, 0.3) is 5.91 Å². The first-order chi connectivity index (χ1) is 18.3. The zero-order valence-electron chi connectivity index (χ0n) is 20.9. The highest BCUT2D eigenvalue weighted by Gasteiger charge is 2.28. The van der Waals surface area contributed by atoms with Crippen LogP contribution < -0.4 is 20.5 Å². The number of nitrogens with one attached hydrogen (secondary N) is 1. The average molecular weight is 522 g/mol. The van der Waals surface area contributed by atoms with Gasteiger partial charge in [-0.15, -0.1) is 0 Å². The first kappa shape index (κ1) is 25.4. The first-order valence-electron chi connectivity index (χ1n) is 12.4. The monoisotopic (exact) mass is 521 g/mol. The molecule has 10 nitrogen and oxygen atoms in total. The van der Waals surface area contributed by atoms with E-state index in [0.29, 0.717) is 37.4 Å². The Hall–Kier alpha value is -4.25. The third kappa shape index (κ3) is 5.37. The summed E-state index contributed by atoms with van der Waals surface area (Å²) in [5, 5.41) is 13.5. The Morgan fingerprint density at radius 1 is 1.16 bits per heavy atom. The number of carboxylic acid groups (broad SMARTS) is 1. The maximum absolute atomic E-state index is 15.2. The van der Waals surface area contributed by atoms with Gasteiger partial charge in [0.05, 0.1) is 31.1 Å². The van der Waals surface area contributed by atoms with Gasteiger partial charge in [0.15, 0.2) is 0 Å². The van der Waals surface area contributed by atoms with E-state index in [1.165, 1.54) is 6.20 Å². The van der Waals surface area contributed by atoms with Gasteiger partial charge in [-0.3, -0.25) is 14.5 Å². The Balaban J connectivity index is 1.23. The Morgan fingerprint density at radius 2 is 1.87 bits per heavy atom. The van der Waals surface area contributed by atoms with E-state index in [1.807, 2.05) is 21.9 Å². The average Bonchev–Trinajstić information content (AvgIpc) is 3.75. The number of anilines is 1. The second-order valence-electron chi connectivity index (χ2n) is 9.47. The van der Waals surface area contributed by atoms with Crippen LogP contribution in [0.25, 0.3) is 10.9 Å². The molecule has 2 fully saturated rings. The van der Waals surface area contributed by atoms with Gasteiger partial charge >= 0.3 is 5.97 Å². The lowest BCUT2D eigenvalue weighted by atomic mass is 10.1. The minimum absolute atomic E-state index is 0.0727. The third-order valence-electron chi connectivity index (χ3n) is 6.87. The number of benzene rings is 2. The van der Waals surface area contributed by atoms with Crippen molar-refractivity contribution in [2.24, 2.45) is 5.10 Å². The number of hydrogen-bond acceptors (Lipinski definition) is 7. The van der Waals surface area contributed by atoms with Crippen molar-refractivity contribution in [3.63, 3.8) is 0 Å². The van der Waals surface area contributed by atoms with Gasteiger partial charge < -0.3 is 19.3 Å². The van der Waals surface area contributed by atoms with Gasteiger partial charge in [0.2, 0.25) is 5.43 Å². The Kier molecular flexibility index (Phi) is 7.10. The minimum Gasteiger partial charge on any atom is -0.497 e. The molecule has 2 N–H and O–H groups in total. The van der Waals surface area contributed by atoms with Crippen LogP contribution in [-0.4, -0.2) is 72.5 Å². The SMILES string of the molecule is COc1ccc(/C=N/NC(=O)CN2CCN(c3cc4c(cc3F)c(=O)c(C(=O)O)cn4C3CC3)CC2)cc1. The number of hydrazone groups is 1. The number of carboxylic acids is 1. The van der Waals surface area contributed by atoms with E-state index < -0.39 is 17.2 Å². The predicted molar refractivity (Wildman–Crippen MR) is 141 cm³/mol. The minimum atomic E-state index is -1.32. The number of nitrogens with zero attached hydrogens (tertiary/aromatic N) is 4. The van der Waals surface area contributed by atoms with Gasteiger partial charge in [-0.2, -0.15) is 5.10 Å². The number of halogens is 1. The fourth-order valence-corrected chi connectivity index (χ4v) is 4.66. The molecular formula is C27H28FN5O5. The smallest absolute Gasteiger partial charge is 0.341 e. The van der Waals surface area contributed by atoms with Crippen LogP contribution in [-0.2, 0) is 4.79 Å². The zero-order valence-corrected chi connectivity index (χ0v) is 20.9. The van der Waals surface area contributed by atoms with Crippen molar-refractivity contribution in [1.82, 2.24) is 14.9 Å². The highest BCUT2D eigenvalue weighted by atomic mass is 19.1. The normalized spacial score (nSPS) is 16.2. The third-order valence-corrected chi connectivity index (χ3v) is 6.87. The molecule has 1 saturated heterocycles. The summed E-state index contributed by atoms with van der Waals surface area (Å²) >= 11 is 0. The van der Waals surface area contributed by atoms with Gasteiger partial charge in [0.1, 0.15) is 17.1 Å².